The van der Waals surface area contributed by atoms with E-state index in [2.05, 4.69) is 0 Å². The Morgan fingerprint density at radius 1 is 1.24 bits per heavy atom. The summed E-state index contributed by atoms with van der Waals surface area (Å²) in [4.78, 5) is 14.2. The van der Waals surface area contributed by atoms with Crippen LogP contribution in [-0.4, -0.2) is 41.9 Å². The molecule has 2 heterocycles. The van der Waals surface area contributed by atoms with E-state index < -0.39 is 35.0 Å². The van der Waals surface area contributed by atoms with E-state index in [-0.39, 0.29) is 18.1 Å². The standard InChI is InChI=1S/C25H32F3NO5/c1-15-12-19(33-20(15)17-9-8-16(25(26,27)28)13-18(17)32-6)21(30)24(5)10-7-11-29(14-24)22(31)34-23(2,3)4/h8-9,12-13,21,30H,7,10-11,14H2,1-6H3/t21-,24+/m1/s1. The average molecular weight is 484 g/mol. The van der Waals surface area contributed by atoms with Gasteiger partial charge in [-0.3, -0.25) is 0 Å². The van der Waals surface area contributed by atoms with Crippen LogP contribution in [0.4, 0.5) is 18.0 Å². The average Bonchev–Trinajstić information content (AvgIpc) is 3.12. The highest BCUT2D eigenvalue weighted by molar-refractivity contribution is 5.70. The number of carbonyl (C=O) groups excluding carboxylic acids is 1. The van der Waals surface area contributed by atoms with Crippen molar-refractivity contribution in [2.45, 2.75) is 65.3 Å². The summed E-state index contributed by atoms with van der Waals surface area (Å²) in [6.07, 6.45) is -4.62. The summed E-state index contributed by atoms with van der Waals surface area (Å²) in [7, 11) is 1.29. The third-order valence-corrected chi connectivity index (χ3v) is 6.02. The number of benzene rings is 1. The maximum atomic E-state index is 13.1. The molecule has 1 fully saturated rings. The minimum atomic E-state index is -4.50. The molecule has 0 radical (unpaired) electrons. The van der Waals surface area contributed by atoms with Crippen molar-refractivity contribution in [2.75, 3.05) is 20.2 Å². The number of methoxy groups -OCH3 is 1. The van der Waals surface area contributed by atoms with Crippen LogP contribution in [0.3, 0.4) is 0 Å². The number of aryl methyl sites for hydroxylation is 1. The smallest absolute Gasteiger partial charge is 0.416 e. The number of likely N-dealkylation sites (tertiary alicyclic amines) is 1. The lowest BCUT2D eigenvalue weighted by Crippen LogP contribution is -2.48. The highest BCUT2D eigenvalue weighted by Gasteiger charge is 2.42. The molecule has 0 unspecified atom stereocenters. The van der Waals surface area contributed by atoms with Crippen molar-refractivity contribution in [1.82, 2.24) is 4.90 Å². The number of amides is 1. The summed E-state index contributed by atoms with van der Waals surface area (Å²) in [6.45, 7) is 9.83. The highest BCUT2D eigenvalue weighted by Crippen LogP contribution is 2.45. The monoisotopic (exact) mass is 483 g/mol. The molecule has 0 aliphatic carbocycles. The molecular weight excluding hydrogens is 451 g/mol. The zero-order valence-electron chi connectivity index (χ0n) is 20.4. The number of rotatable bonds is 4. The highest BCUT2D eigenvalue weighted by atomic mass is 19.4. The lowest BCUT2D eigenvalue weighted by atomic mass is 9.76. The molecular formula is C25H32F3NO5. The van der Waals surface area contributed by atoms with Crippen LogP contribution in [0.2, 0.25) is 0 Å². The Labute approximate surface area is 197 Å². The molecule has 1 aliphatic heterocycles. The van der Waals surface area contributed by atoms with E-state index in [9.17, 15) is 23.1 Å². The lowest BCUT2D eigenvalue weighted by Gasteiger charge is -2.42. The van der Waals surface area contributed by atoms with Crippen molar-refractivity contribution >= 4 is 6.09 Å². The Morgan fingerprint density at radius 2 is 1.91 bits per heavy atom. The summed E-state index contributed by atoms with van der Waals surface area (Å²) >= 11 is 0. The maximum Gasteiger partial charge on any atom is 0.416 e. The Bertz CT molecular complexity index is 1040. The summed E-state index contributed by atoms with van der Waals surface area (Å²) in [5.74, 6) is 0.624. The molecule has 2 aromatic rings. The number of ether oxygens (including phenoxy) is 2. The SMILES string of the molecule is COc1cc(C(F)(F)F)ccc1-c1oc([C@@H](O)[C@@]2(C)CCCN(C(=O)OC(C)(C)C)C2)cc1C. The van der Waals surface area contributed by atoms with Gasteiger partial charge in [0.25, 0.3) is 0 Å². The fraction of sp³-hybridized carbons (Fsp3) is 0.560. The lowest BCUT2D eigenvalue weighted by molar-refractivity contribution is -0.137. The molecule has 0 bridgehead atoms. The minimum absolute atomic E-state index is 0.0216. The molecule has 1 amide bonds. The zero-order valence-corrected chi connectivity index (χ0v) is 20.4. The van der Waals surface area contributed by atoms with Gasteiger partial charge < -0.3 is 23.9 Å². The van der Waals surface area contributed by atoms with Gasteiger partial charge in [-0.15, -0.1) is 0 Å². The van der Waals surface area contributed by atoms with E-state index in [1.54, 1.807) is 38.7 Å². The van der Waals surface area contributed by atoms with Gasteiger partial charge in [-0.05, 0) is 70.4 Å². The van der Waals surface area contributed by atoms with Gasteiger partial charge in [-0.2, -0.15) is 13.2 Å². The van der Waals surface area contributed by atoms with Crippen molar-refractivity contribution in [3.63, 3.8) is 0 Å². The predicted molar refractivity (Wildman–Crippen MR) is 121 cm³/mol. The zero-order chi connectivity index (χ0) is 25.5. The topological polar surface area (TPSA) is 72.1 Å². The Hall–Kier alpha value is -2.68. The second kappa shape index (κ2) is 9.17. The third-order valence-electron chi connectivity index (χ3n) is 6.02. The molecule has 2 atom stereocenters. The molecule has 1 aromatic heterocycles. The van der Waals surface area contributed by atoms with Crippen LogP contribution in [0.25, 0.3) is 11.3 Å². The van der Waals surface area contributed by atoms with Gasteiger partial charge in [-0.1, -0.05) is 6.92 Å². The van der Waals surface area contributed by atoms with Crippen LogP contribution in [0.15, 0.2) is 28.7 Å². The number of hydrogen-bond donors (Lipinski definition) is 1. The predicted octanol–water partition coefficient (Wildman–Crippen LogP) is 6.35. The number of carbonyl (C=O) groups is 1. The van der Waals surface area contributed by atoms with E-state index in [0.717, 1.165) is 12.1 Å². The van der Waals surface area contributed by atoms with Gasteiger partial charge in [0, 0.05) is 18.5 Å². The van der Waals surface area contributed by atoms with Crippen LogP contribution in [0.1, 0.15) is 63.5 Å². The van der Waals surface area contributed by atoms with Crippen molar-refractivity contribution < 1.29 is 37.0 Å². The number of nitrogens with zero attached hydrogens (tertiary/aromatic N) is 1. The van der Waals surface area contributed by atoms with Gasteiger partial charge in [0.1, 0.15) is 29.0 Å². The van der Waals surface area contributed by atoms with Crippen LogP contribution >= 0.6 is 0 Å². The van der Waals surface area contributed by atoms with Gasteiger partial charge in [0.05, 0.1) is 18.2 Å². The molecule has 1 aromatic carbocycles. The number of hydrogen-bond acceptors (Lipinski definition) is 5. The van der Waals surface area contributed by atoms with Crippen molar-refractivity contribution in [3.05, 3.63) is 41.2 Å². The Morgan fingerprint density at radius 3 is 2.50 bits per heavy atom. The summed E-state index contributed by atoms with van der Waals surface area (Å²) in [5.41, 5.74) is -1.14. The van der Waals surface area contributed by atoms with Crippen molar-refractivity contribution in [2.24, 2.45) is 5.41 Å². The molecule has 0 saturated carbocycles. The quantitative estimate of drug-likeness (QED) is 0.548. The van der Waals surface area contributed by atoms with E-state index in [4.69, 9.17) is 13.9 Å². The van der Waals surface area contributed by atoms with Crippen LogP contribution < -0.4 is 4.74 Å². The van der Waals surface area contributed by atoms with Crippen LogP contribution in [-0.2, 0) is 10.9 Å². The number of alkyl halides is 3. The van der Waals surface area contributed by atoms with Crippen molar-refractivity contribution in [3.8, 4) is 17.1 Å². The van der Waals surface area contributed by atoms with Gasteiger partial charge in [-0.25, -0.2) is 4.79 Å². The number of halogens is 3. The normalized spacial score (nSPS) is 20.2. The molecule has 188 valence electrons. The molecule has 9 heteroatoms. The fourth-order valence-electron chi connectivity index (χ4n) is 4.28. The molecule has 6 nitrogen and oxygen atoms in total. The Kier molecular flexibility index (Phi) is 6.99. The molecule has 0 spiro atoms. The van der Waals surface area contributed by atoms with E-state index in [1.807, 2.05) is 6.92 Å². The van der Waals surface area contributed by atoms with E-state index in [0.29, 0.717) is 36.3 Å². The molecule has 1 N–H and O–H groups in total. The number of furan rings is 1. The minimum Gasteiger partial charge on any atom is -0.496 e. The third kappa shape index (κ3) is 5.51. The molecule has 34 heavy (non-hydrogen) atoms. The summed E-state index contributed by atoms with van der Waals surface area (Å²) in [5, 5.41) is 11.2. The second-order valence-corrected chi connectivity index (χ2v) is 10.1. The van der Waals surface area contributed by atoms with E-state index in [1.165, 1.54) is 13.2 Å². The van der Waals surface area contributed by atoms with Gasteiger partial charge >= 0.3 is 12.3 Å². The number of aliphatic hydroxyl groups is 1. The van der Waals surface area contributed by atoms with Crippen LogP contribution in [0, 0.1) is 12.3 Å². The molecule has 3 rings (SSSR count). The summed E-state index contributed by atoms with van der Waals surface area (Å²) in [6, 6.07) is 4.87. The fourth-order valence-corrected chi connectivity index (χ4v) is 4.28. The summed E-state index contributed by atoms with van der Waals surface area (Å²) < 4.78 is 56.0. The van der Waals surface area contributed by atoms with Crippen molar-refractivity contribution in [1.29, 1.82) is 0 Å². The van der Waals surface area contributed by atoms with Gasteiger partial charge in [0.15, 0.2) is 0 Å². The van der Waals surface area contributed by atoms with Crippen LogP contribution in [0.5, 0.6) is 5.75 Å². The first-order valence-corrected chi connectivity index (χ1v) is 11.2. The first-order chi connectivity index (χ1) is 15.6. The van der Waals surface area contributed by atoms with Gasteiger partial charge in [0.2, 0.25) is 0 Å². The largest absolute Gasteiger partial charge is 0.496 e. The second-order valence-electron chi connectivity index (χ2n) is 10.1. The first-order valence-electron chi connectivity index (χ1n) is 11.2. The Balaban J connectivity index is 1.88. The number of piperidine rings is 1. The maximum absolute atomic E-state index is 13.1. The molecule has 1 saturated heterocycles. The molecule has 1 aliphatic rings. The van der Waals surface area contributed by atoms with E-state index >= 15 is 0 Å². The number of aliphatic hydroxyl groups excluding tert-OH is 1. The first kappa shape index (κ1) is 25.9.